The molecule has 0 amide bonds. The van der Waals surface area contributed by atoms with Crippen LogP contribution in [0.4, 0.5) is 0 Å². The smallest absolute Gasteiger partial charge is 0.341 e. The molecule has 1 aliphatic rings. The third-order valence-electron chi connectivity index (χ3n) is 8.87. The summed E-state index contributed by atoms with van der Waals surface area (Å²) in [6, 6.07) is 23.1. The number of ether oxygens (including phenoxy) is 3. The number of benzene rings is 3. The van der Waals surface area contributed by atoms with Crippen molar-refractivity contribution >= 4 is 16.9 Å². The molecule has 1 heterocycles. The summed E-state index contributed by atoms with van der Waals surface area (Å²) < 4.78 is 22.7. The van der Waals surface area contributed by atoms with Crippen LogP contribution < -0.4 is 14.9 Å². The molecule has 0 unspecified atom stereocenters. The van der Waals surface area contributed by atoms with E-state index in [0.717, 1.165) is 43.4 Å². The van der Waals surface area contributed by atoms with Gasteiger partial charge in [-0.2, -0.15) is 5.26 Å². The van der Waals surface area contributed by atoms with Crippen molar-refractivity contribution in [2.75, 3.05) is 34.4 Å². The zero-order chi connectivity index (χ0) is 31.3. The van der Waals surface area contributed by atoms with Crippen molar-refractivity contribution in [1.82, 2.24) is 4.90 Å². The SMILES string of the molecule is COc1ccc(C2(C#N)CCC(N(C)CCCOC(=O)c3cccc4c(=O)c(C)c(-c5ccccc5)oc34)CC2)cc1OC. The summed E-state index contributed by atoms with van der Waals surface area (Å²) in [4.78, 5) is 28.5. The van der Waals surface area contributed by atoms with E-state index >= 15 is 0 Å². The second kappa shape index (κ2) is 13.4. The van der Waals surface area contributed by atoms with Gasteiger partial charge >= 0.3 is 5.97 Å². The highest BCUT2D eigenvalue weighted by atomic mass is 16.5. The Hall–Kier alpha value is -4.61. The highest BCUT2D eigenvalue weighted by Crippen LogP contribution is 2.43. The minimum absolute atomic E-state index is 0.166. The number of nitriles is 1. The van der Waals surface area contributed by atoms with Crippen LogP contribution in [0.5, 0.6) is 11.5 Å². The fraction of sp³-hybridized carbons (Fsp3) is 0.361. The van der Waals surface area contributed by atoms with Gasteiger partial charge in [-0.15, -0.1) is 0 Å². The van der Waals surface area contributed by atoms with Crippen LogP contribution in [-0.4, -0.2) is 51.3 Å². The molecule has 0 radical (unpaired) electrons. The van der Waals surface area contributed by atoms with E-state index in [9.17, 15) is 14.9 Å². The van der Waals surface area contributed by atoms with Gasteiger partial charge in [0.1, 0.15) is 11.3 Å². The van der Waals surface area contributed by atoms with Crippen molar-refractivity contribution in [2.45, 2.75) is 50.5 Å². The minimum atomic E-state index is -0.557. The summed E-state index contributed by atoms with van der Waals surface area (Å²) >= 11 is 0. The first-order valence-electron chi connectivity index (χ1n) is 14.9. The van der Waals surface area contributed by atoms with Crippen LogP contribution in [-0.2, 0) is 10.2 Å². The van der Waals surface area contributed by atoms with Gasteiger partial charge in [-0.3, -0.25) is 4.79 Å². The largest absolute Gasteiger partial charge is 0.493 e. The van der Waals surface area contributed by atoms with Crippen LogP contribution in [0.2, 0.25) is 0 Å². The van der Waals surface area contributed by atoms with E-state index in [4.69, 9.17) is 18.6 Å². The molecular formula is C36H38N2O6. The molecule has 4 aromatic rings. The molecule has 5 rings (SSSR count). The van der Waals surface area contributed by atoms with Crippen molar-refractivity contribution in [2.24, 2.45) is 0 Å². The number of carbonyl (C=O) groups is 1. The predicted molar refractivity (Wildman–Crippen MR) is 169 cm³/mol. The van der Waals surface area contributed by atoms with Gasteiger partial charge in [-0.05, 0) is 75.9 Å². The molecule has 1 fully saturated rings. The average molecular weight is 595 g/mol. The molecule has 228 valence electrons. The van der Waals surface area contributed by atoms with Gasteiger partial charge in [0.25, 0.3) is 0 Å². The summed E-state index contributed by atoms with van der Waals surface area (Å²) in [5, 5.41) is 10.5. The molecule has 0 saturated heterocycles. The van der Waals surface area contributed by atoms with E-state index in [1.165, 1.54) is 0 Å². The minimum Gasteiger partial charge on any atom is -0.493 e. The number of methoxy groups -OCH3 is 2. The number of para-hydroxylation sites is 1. The Kier molecular flexibility index (Phi) is 9.36. The number of carbonyl (C=O) groups excluding carboxylic acids is 1. The monoisotopic (exact) mass is 594 g/mol. The summed E-state index contributed by atoms with van der Waals surface area (Å²) in [7, 11) is 5.28. The molecule has 1 aliphatic carbocycles. The van der Waals surface area contributed by atoms with Crippen molar-refractivity contribution in [3.63, 3.8) is 0 Å². The van der Waals surface area contributed by atoms with E-state index in [1.807, 2.05) is 48.5 Å². The van der Waals surface area contributed by atoms with Crippen molar-refractivity contribution in [1.29, 1.82) is 5.26 Å². The molecule has 0 N–H and O–H groups in total. The molecule has 8 nitrogen and oxygen atoms in total. The second-order valence-corrected chi connectivity index (χ2v) is 11.4. The Morgan fingerprint density at radius 1 is 1.02 bits per heavy atom. The van der Waals surface area contributed by atoms with E-state index in [0.29, 0.717) is 40.7 Å². The average Bonchev–Trinajstić information content (AvgIpc) is 3.07. The Balaban J connectivity index is 1.18. The molecule has 1 aromatic heterocycles. The fourth-order valence-corrected chi connectivity index (χ4v) is 6.21. The van der Waals surface area contributed by atoms with Gasteiger partial charge in [0, 0.05) is 23.7 Å². The normalized spacial score (nSPS) is 18.1. The lowest BCUT2D eigenvalue weighted by atomic mass is 9.69. The first-order valence-corrected chi connectivity index (χ1v) is 14.9. The molecule has 0 atom stereocenters. The second-order valence-electron chi connectivity index (χ2n) is 11.4. The number of nitrogens with zero attached hydrogens (tertiary/aromatic N) is 2. The van der Waals surface area contributed by atoms with Gasteiger partial charge in [0.15, 0.2) is 22.5 Å². The first-order chi connectivity index (χ1) is 21.3. The zero-order valence-corrected chi connectivity index (χ0v) is 25.7. The van der Waals surface area contributed by atoms with Gasteiger partial charge < -0.3 is 23.5 Å². The number of fused-ring (bicyclic) bond motifs is 1. The molecule has 0 aliphatic heterocycles. The number of esters is 1. The van der Waals surface area contributed by atoms with Gasteiger partial charge in [0.2, 0.25) is 0 Å². The first kappa shape index (κ1) is 30.8. The maximum absolute atomic E-state index is 13.1. The van der Waals surface area contributed by atoms with Crippen LogP contribution >= 0.6 is 0 Å². The van der Waals surface area contributed by atoms with Crippen LogP contribution in [0.15, 0.2) is 75.9 Å². The van der Waals surface area contributed by atoms with Crippen LogP contribution in [0.3, 0.4) is 0 Å². The third-order valence-corrected chi connectivity index (χ3v) is 8.87. The highest BCUT2D eigenvalue weighted by Gasteiger charge is 2.38. The van der Waals surface area contributed by atoms with Crippen molar-refractivity contribution in [3.05, 3.63) is 93.6 Å². The number of rotatable bonds is 10. The zero-order valence-electron chi connectivity index (χ0n) is 25.7. The lowest BCUT2D eigenvalue weighted by molar-refractivity contribution is 0.0482. The van der Waals surface area contributed by atoms with Gasteiger partial charge in [-0.1, -0.05) is 42.5 Å². The molecular weight excluding hydrogens is 556 g/mol. The van der Waals surface area contributed by atoms with E-state index in [1.54, 1.807) is 39.3 Å². The highest BCUT2D eigenvalue weighted by molar-refractivity contribution is 6.02. The lowest BCUT2D eigenvalue weighted by Gasteiger charge is -2.39. The van der Waals surface area contributed by atoms with Crippen LogP contribution in [0.1, 0.15) is 53.6 Å². The molecule has 0 bridgehead atoms. The van der Waals surface area contributed by atoms with Crippen molar-refractivity contribution in [3.8, 4) is 28.9 Å². The molecule has 3 aromatic carbocycles. The summed E-state index contributed by atoms with van der Waals surface area (Å²) in [6.45, 7) is 2.72. The summed E-state index contributed by atoms with van der Waals surface area (Å²) in [6.07, 6.45) is 3.92. The lowest BCUT2D eigenvalue weighted by Crippen LogP contribution is -2.40. The van der Waals surface area contributed by atoms with Crippen molar-refractivity contribution < 1.29 is 23.4 Å². The van der Waals surface area contributed by atoms with E-state index in [-0.39, 0.29) is 23.2 Å². The van der Waals surface area contributed by atoms with Crippen LogP contribution in [0.25, 0.3) is 22.3 Å². The summed E-state index contributed by atoms with van der Waals surface area (Å²) in [5.74, 6) is 1.21. The Labute approximate surface area is 257 Å². The van der Waals surface area contributed by atoms with Gasteiger partial charge in [0.05, 0.1) is 37.7 Å². The third kappa shape index (κ3) is 6.06. The maximum Gasteiger partial charge on any atom is 0.341 e. The standard InChI is InChI=1S/C36H38N2O6/c1-24-32(39)28-12-8-13-29(34(28)44-33(24)25-10-6-5-7-11-25)35(40)43-21-9-20-38(2)27-16-18-36(23-37,19-17-27)26-14-15-30(41-3)31(22-26)42-4/h5-8,10-15,22,27H,9,16-21H2,1-4H3. The predicted octanol–water partition coefficient (Wildman–Crippen LogP) is 6.67. The number of hydrogen-bond donors (Lipinski definition) is 0. The summed E-state index contributed by atoms with van der Waals surface area (Å²) in [5.41, 5.74) is 1.98. The Morgan fingerprint density at radius 3 is 2.43 bits per heavy atom. The van der Waals surface area contributed by atoms with E-state index in [2.05, 4.69) is 18.0 Å². The number of hydrogen-bond acceptors (Lipinski definition) is 8. The molecule has 8 heteroatoms. The maximum atomic E-state index is 13.1. The van der Waals surface area contributed by atoms with Gasteiger partial charge in [-0.25, -0.2) is 4.79 Å². The topological polar surface area (TPSA) is 102 Å². The molecule has 0 spiro atoms. The Bertz CT molecular complexity index is 1730. The molecule has 1 saturated carbocycles. The fourth-order valence-electron chi connectivity index (χ4n) is 6.21. The Morgan fingerprint density at radius 2 is 1.75 bits per heavy atom. The van der Waals surface area contributed by atoms with E-state index < -0.39 is 11.4 Å². The quantitative estimate of drug-likeness (QED) is 0.148. The molecule has 44 heavy (non-hydrogen) atoms. The van der Waals surface area contributed by atoms with Crippen LogP contribution in [0, 0.1) is 18.3 Å².